The highest BCUT2D eigenvalue weighted by Gasteiger charge is 2.16. The molecule has 1 aromatic carbocycles. The van der Waals surface area contributed by atoms with Crippen molar-refractivity contribution < 1.29 is 4.79 Å². The van der Waals surface area contributed by atoms with E-state index in [9.17, 15) is 4.79 Å². The van der Waals surface area contributed by atoms with Gasteiger partial charge in [0.25, 0.3) is 0 Å². The Morgan fingerprint density at radius 1 is 1.10 bits per heavy atom. The van der Waals surface area contributed by atoms with Crippen molar-refractivity contribution in [2.24, 2.45) is 0 Å². The predicted octanol–water partition coefficient (Wildman–Crippen LogP) is 4.78. The summed E-state index contributed by atoms with van der Waals surface area (Å²) in [5.41, 5.74) is 2.06. The van der Waals surface area contributed by atoms with E-state index >= 15 is 0 Å². The first-order valence-electron chi connectivity index (χ1n) is 8.24. The van der Waals surface area contributed by atoms with Gasteiger partial charge < -0.3 is 4.90 Å². The summed E-state index contributed by atoms with van der Waals surface area (Å²) < 4.78 is 0. The van der Waals surface area contributed by atoms with E-state index in [4.69, 9.17) is 0 Å². The minimum absolute atomic E-state index is 0.275. The van der Waals surface area contributed by atoms with Gasteiger partial charge in [-0.2, -0.15) is 11.8 Å². The van der Waals surface area contributed by atoms with Crippen molar-refractivity contribution in [1.29, 1.82) is 0 Å². The molecule has 0 bridgehead atoms. The highest BCUT2D eigenvalue weighted by Crippen LogP contribution is 2.28. The topological polar surface area (TPSA) is 20.3 Å². The first-order valence-corrected chi connectivity index (χ1v) is 9.29. The molecular weight excluding hydrogens is 278 g/mol. The monoisotopic (exact) mass is 305 g/mol. The molecule has 1 aliphatic carbocycles. The maximum Gasteiger partial charge on any atom is 0.172 e. The third-order valence-corrected chi connectivity index (χ3v) is 5.69. The van der Waals surface area contributed by atoms with Crippen LogP contribution >= 0.6 is 11.8 Å². The summed E-state index contributed by atoms with van der Waals surface area (Å²) in [4.78, 5) is 14.6. The normalized spacial score (nSPS) is 15.9. The Hall–Kier alpha value is -0.960. The van der Waals surface area contributed by atoms with Crippen molar-refractivity contribution in [2.75, 3.05) is 23.7 Å². The number of nitrogens with zero attached hydrogens (tertiary/aromatic N) is 1. The van der Waals surface area contributed by atoms with Gasteiger partial charge in [-0.25, -0.2) is 0 Å². The molecule has 1 fully saturated rings. The van der Waals surface area contributed by atoms with E-state index in [0.29, 0.717) is 11.0 Å². The van der Waals surface area contributed by atoms with Crippen LogP contribution in [0.5, 0.6) is 0 Å². The van der Waals surface area contributed by atoms with Crippen molar-refractivity contribution in [3.05, 3.63) is 29.8 Å². The second-order valence-corrected chi connectivity index (χ2v) is 7.00. The summed E-state index contributed by atoms with van der Waals surface area (Å²) in [5, 5.41) is 0.706. The lowest BCUT2D eigenvalue weighted by Gasteiger charge is -2.21. The Morgan fingerprint density at radius 2 is 1.71 bits per heavy atom. The lowest BCUT2D eigenvalue weighted by molar-refractivity contribution is 0.102. The van der Waals surface area contributed by atoms with Gasteiger partial charge in [0.1, 0.15) is 0 Å². The van der Waals surface area contributed by atoms with Crippen LogP contribution in [0.4, 0.5) is 5.69 Å². The van der Waals surface area contributed by atoms with E-state index < -0.39 is 0 Å². The molecule has 0 atom stereocenters. The number of ketones is 1. The Balaban J connectivity index is 1.87. The van der Waals surface area contributed by atoms with Crippen LogP contribution in [0.25, 0.3) is 0 Å². The van der Waals surface area contributed by atoms with E-state index in [-0.39, 0.29) is 5.78 Å². The fourth-order valence-corrected chi connectivity index (χ4v) is 4.18. The van der Waals surface area contributed by atoms with Gasteiger partial charge >= 0.3 is 0 Å². The van der Waals surface area contributed by atoms with E-state index in [1.807, 2.05) is 23.9 Å². The number of benzene rings is 1. The van der Waals surface area contributed by atoms with Gasteiger partial charge in [-0.3, -0.25) is 4.79 Å². The molecule has 3 heteroatoms. The predicted molar refractivity (Wildman–Crippen MR) is 93.7 cm³/mol. The number of hydrogen-bond donors (Lipinski definition) is 0. The summed E-state index contributed by atoms with van der Waals surface area (Å²) in [5.74, 6) is 0.909. The molecular formula is C18H27NOS. The number of rotatable bonds is 7. The average molecular weight is 305 g/mol. The Labute approximate surface area is 133 Å². The SMILES string of the molecule is CCN(CC)c1ccc(C(=O)CSC2CCCCC2)cc1. The highest BCUT2D eigenvalue weighted by molar-refractivity contribution is 8.00. The third-order valence-electron chi connectivity index (χ3n) is 4.32. The molecule has 0 unspecified atom stereocenters. The van der Waals surface area contributed by atoms with Gasteiger partial charge in [0.2, 0.25) is 0 Å². The van der Waals surface area contributed by atoms with E-state index in [2.05, 4.69) is 30.9 Å². The van der Waals surface area contributed by atoms with Crippen molar-refractivity contribution in [3.63, 3.8) is 0 Å². The van der Waals surface area contributed by atoms with Gasteiger partial charge in [-0.15, -0.1) is 0 Å². The Kier molecular flexibility index (Phi) is 6.62. The number of thioether (sulfide) groups is 1. The molecule has 0 radical (unpaired) electrons. The number of hydrogen-bond acceptors (Lipinski definition) is 3. The van der Waals surface area contributed by atoms with Crippen molar-refractivity contribution in [2.45, 2.75) is 51.2 Å². The van der Waals surface area contributed by atoms with Crippen LogP contribution in [-0.2, 0) is 0 Å². The van der Waals surface area contributed by atoms with Crippen molar-refractivity contribution in [1.82, 2.24) is 0 Å². The molecule has 116 valence electrons. The maximum absolute atomic E-state index is 12.3. The molecule has 1 aromatic rings. The van der Waals surface area contributed by atoms with E-state index in [0.717, 1.165) is 18.7 Å². The summed E-state index contributed by atoms with van der Waals surface area (Å²) in [6.45, 7) is 6.31. The fraction of sp³-hybridized carbons (Fsp3) is 0.611. The molecule has 21 heavy (non-hydrogen) atoms. The van der Waals surface area contributed by atoms with Gasteiger partial charge in [0.05, 0.1) is 5.75 Å². The van der Waals surface area contributed by atoms with Gasteiger partial charge in [0.15, 0.2) is 5.78 Å². The van der Waals surface area contributed by atoms with E-state index in [1.165, 1.54) is 37.8 Å². The minimum Gasteiger partial charge on any atom is -0.372 e. The Bertz CT molecular complexity index is 433. The molecule has 0 heterocycles. The number of carbonyl (C=O) groups is 1. The van der Waals surface area contributed by atoms with Crippen molar-refractivity contribution in [3.8, 4) is 0 Å². The smallest absolute Gasteiger partial charge is 0.172 e. The van der Waals surface area contributed by atoms with Gasteiger partial charge in [-0.05, 0) is 51.0 Å². The zero-order valence-corrected chi connectivity index (χ0v) is 14.1. The van der Waals surface area contributed by atoms with Crippen LogP contribution < -0.4 is 4.90 Å². The molecule has 1 saturated carbocycles. The maximum atomic E-state index is 12.3. The summed E-state index contributed by atoms with van der Waals surface area (Å²) in [6, 6.07) is 8.12. The number of anilines is 1. The van der Waals surface area contributed by atoms with Crippen LogP contribution in [0.15, 0.2) is 24.3 Å². The molecule has 2 rings (SSSR count). The second kappa shape index (κ2) is 8.47. The van der Waals surface area contributed by atoms with Crippen molar-refractivity contribution >= 4 is 23.2 Å². The van der Waals surface area contributed by atoms with Crippen LogP contribution in [0.3, 0.4) is 0 Å². The molecule has 1 aliphatic rings. The fourth-order valence-electron chi connectivity index (χ4n) is 2.96. The van der Waals surface area contributed by atoms with Crippen LogP contribution in [-0.4, -0.2) is 29.9 Å². The number of Topliss-reactive ketones (excluding diaryl/α,β-unsaturated/α-hetero) is 1. The molecule has 0 spiro atoms. The largest absolute Gasteiger partial charge is 0.372 e. The summed E-state index contributed by atoms with van der Waals surface area (Å²) in [6.07, 6.45) is 6.63. The molecule has 0 aliphatic heterocycles. The number of carbonyl (C=O) groups excluding carboxylic acids is 1. The van der Waals surface area contributed by atoms with E-state index in [1.54, 1.807) is 0 Å². The first-order chi connectivity index (χ1) is 10.2. The zero-order chi connectivity index (χ0) is 15.1. The van der Waals surface area contributed by atoms with Gasteiger partial charge in [-0.1, -0.05) is 19.3 Å². The van der Waals surface area contributed by atoms with Gasteiger partial charge in [0, 0.05) is 29.6 Å². The van der Waals surface area contributed by atoms with Crippen LogP contribution in [0.2, 0.25) is 0 Å². The van der Waals surface area contributed by atoms with Crippen LogP contribution in [0.1, 0.15) is 56.3 Å². The first kappa shape index (κ1) is 16.4. The average Bonchev–Trinajstić information content (AvgIpc) is 2.55. The molecule has 2 nitrogen and oxygen atoms in total. The lowest BCUT2D eigenvalue weighted by atomic mass is 10.0. The Morgan fingerprint density at radius 3 is 2.29 bits per heavy atom. The summed E-state index contributed by atoms with van der Waals surface area (Å²) in [7, 11) is 0. The quantitative estimate of drug-likeness (QED) is 0.676. The minimum atomic E-state index is 0.275. The van der Waals surface area contributed by atoms with Crippen LogP contribution in [0, 0.1) is 0 Å². The molecule has 0 aromatic heterocycles. The standard InChI is InChI=1S/C18H27NOS/c1-3-19(4-2)16-12-10-15(11-13-16)18(20)14-21-17-8-6-5-7-9-17/h10-13,17H,3-9,14H2,1-2H3. The lowest BCUT2D eigenvalue weighted by Crippen LogP contribution is -2.21. The second-order valence-electron chi connectivity index (χ2n) is 5.71. The zero-order valence-electron chi connectivity index (χ0n) is 13.3. The molecule has 0 amide bonds. The summed E-state index contributed by atoms with van der Waals surface area (Å²) >= 11 is 1.86. The molecule has 0 N–H and O–H groups in total. The third kappa shape index (κ3) is 4.77. The molecule has 0 saturated heterocycles. The highest BCUT2D eigenvalue weighted by atomic mass is 32.2.